The molecule has 0 aromatic carbocycles. The molecule has 1 rings (SSSR count). The molecule has 1 aliphatic heterocycles. The Labute approximate surface area is 57.9 Å². The van der Waals surface area contributed by atoms with Crippen LogP contribution in [0.4, 0.5) is 0 Å². The number of ether oxygens (including phenoxy) is 1. The highest BCUT2D eigenvalue weighted by Gasteiger charge is 2.09. The Hall–Kier alpha value is 0.400. The molecule has 1 saturated heterocycles. The fourth-order valence-corrected chi connectivity index (χ4v) is 1.25. The molecule has 0 aliphatic carbocycles. The van der Waals surface area contributed by atoms with E-state index < -0.39 is 0 Å². The van der Waals surface area contributed by atoms with Crippen LogP contribution in [0.15, 0.2) is 0 Å². The van der Waals surface area contributed by atoms with Crippen molar-refractivity contribution < 1.29 is 4.74 Å². The minimum absolute atomic E-state index is 0.825. The van der Waals surface area contributed by atoms with Crippen molar-refractivity contribution in [3.63, 3.8) is 0 Å². The van der Waals surface area contributed by atoms with Crippen LogP contribution in [0.3, 0.4) is 0 Å². The summed E-state index contributed by atoms with van der Waals surface area (Å²) in [6, 6.07) is 0. The molecule has 0 saturated carbocycles. The van der Waals surface area contributed by atoms with E-state index in [0.717, 1.165) is 31.8 Å². The lowest BCUT2D eigenvalue weighted by molar-refractivity contribution is 0.144. The molecule has 1 fully saturated rings. The number of halogens is 1. The van der Waals surface area contributed by atoms with E-state index in [1.54, 1.807) is 0 Å². The Morgan fingerprint density at radius 3 is 3.00 bits per heavy atom. The van der Waals surface area contributed by atoms with E-state index in [2.05, 4.69) is 20.8 Å². The largest absolute Gasteiger partial charge is 0.365 e. The molecular weight excluding hydrogens is 170 g/mol. The quantitative estimate of drug-likeness (QED) is 0.579. The molecule has 2 nitrogen and oxygen atoms in total. The average molecular weight is 180 g/mol. The van der Waals surface area contributed by atoms with Crippen molar-refractivity contribution >= 4 is 15.9 Å². The van der Waals surface area contributed by atoms with Crippen LogP contribution in [0.5, 0.6) is 0 Å². The van der Waals surface area contributed by atoms with Gasteiger partial charge in [0.15, 0.2) is 0 Å². The van der Waals surface area contributed by atoms with E-state index in [9.17, 15) is 0 Å². The van der Waals surface area contributed by atoms with Gasteiger partial charge in [0.05, 0.1) is 13.3 Å². The first-order valence-electron chi connectivity index (χ1n) is 2.79. The van der Waals surface area contributed by atoms with Gasteiger partial charge in [-0.05, 0) is 0 Å². The highest BCUT2D eigenvalue weighted by atomic mass is 79.9. The zero-order valence-corrected chi connectivity index (χ0v) is 6.35. The number of hydrogen-bond donors (Lipinski definition) is 0. The highest BCUT2D eigenvalue weighted by Crippen LogP contribution is 1.98. The van der Waals surface area contributed by atoms with Crippen molar-refractivity contribution in [2.45, 2.75) is 0 Å². The molecule has 0 amide bonds. The lowest BCUT2D eigenvalue weighted by Crippen LogP contribution is -2.21. The molecule has 0 atom stereocenters. The molecule has 1 heterocycles. The molecule has 0 bridgehead atoms. The molecule has 0 aromatic rings. The third-order valence-corrected chi connectivity index (χ3v) is 1.58. The zero-order valence-electron chi connectivity index (χ0n) is 4.77. The van der Waals surface area contributed by atoms with Gasteiger partial charge < -0.3 is 4.74 Å². The Morgan fingerprint density at radius 1 is 1.62 bits per heavy atom. The van der Waals surface area contributed by atoms with E-state index in [0.29, 0.717) is 0 Å². The van der Waals surface area contributed by atoms with Gasteiger partial charge >= 0.3 is 0 Å². The molecule has 48 valence electrons. The summed E-state index contributed by atoms with van der Waals surface area (Å²) in [4.78, 5) is 2.27. The van der Waals surface area contributed by atoms with Gasteiger partial charge in [-0.15, -0.1) is 0 Å². The van der Waals surface area contributed by atoms with E-state index in [1.165, 1.54) is 0 Å². The van der Waals surface area contributed by atoms with Gasteiger partial charge in [0.1, 0.15) is 0 Å². The summed E-state index contributed by atoms with van der Waals surface area (Å²) in [5, 5.41) is 1.05. The van der Waals surface area contributed by atoms with Crippen LogP contribution in [-0.4, -0.2) is 36.7 Å². The third-order valence-electron chi connectivity index (χ3n) is 1.23. The normalized spacial score (nSPS) is 22.1. The van der Waals surface area contributed by atoms with Gasteiger partial charge in [0.2, 0.25) is 0 Å². The first kappa shape index (κ1) is 6.52. The van der Waals surface area contributed by atoms with Gasteiger partial charge in [-0.1, -0.05) is 15.9 Å². The third kappa shape index (κ3) is 1.73. The van der Waals surface area contributed by atoms with E-state index in [1.807, 2.05) is 0 Å². The van der Waals surface area contributed by atoms with E-state index in [-0.39, 0.29) is 0 Å². The number of alkyl halides is 1. The molecule has 0 N–H and O–H groups in total. The summed E-state index contributed by atoms with van der Waals surface area (Å²) in [7, 11) is 0. The first-order chi connectivity index (χ1) is 3.93. The van der Waals surface area contributed by atoms with Crippen LogP contribution in [0.25, 0.3) is 0 Å². The summed E-state index contributed by atoms with van der Waals surface area (Å²) < 4.78 is 5.11. The zero-order chi connectivity index (χ0) is 5.82. The maximum absolute atomic E-state index is 5.11. The van der Waals surface area contributed by atoms with Gasteiger partial charge in [0, 0.05) is 18.4 Å². The van der Waals surface area contributed by atoms with E-state index in [4.69, 9.17) is 4.74 Å². The lowest BCUT2D eigenvalue weighted by atomic mass is 10.6. The molecule has 8 heavy (non-hydrogen) atoms. The van der Waals surface area contributed by atoms with Gasteiger partial charge in [-0.25, -0.2) is 0 Å². The minimum Gasteiger partial charge on any atom is -0.365 e. The van der Waals surface area contributed by atoms with Crippen LogP contribution in [-0.2, 0) is 4.74 Å². The molecule has 0 unspecified atom stereocenters. The number of nitrogens with zero attached hydrogens (tertiary/aromatic N) is 1. The summed E-state index contributed by atoms with van der Waals surface area (Å²) in [6.07, 6.45) is 0. The van der Waals surface area contributed by atoms with Crippen LogP contribution in [0.1, 0.15) is 0 Å². The SMILES string of the molecule is BrCCN1CCOC1. The lowest BCUT2D eigenvalue weighted by Gasteiger charge is -2.08. The number of rotatable bonds is 2. The second-order valence-corrected chi connectivity index (χ2v) is 2.64. The summed E-state index contributed by atoms with van der Waals surface area (Å²) in [5.74, 6) is 0. The van der Waals surface area contributed by atoms with Crippen molar-refractivity contribution in [2.75, 3.05) is 31.8 Å². The molecule has 0 aromatic heterocycles. The Bertz CT molecular complexity index is 63.4. The fourth-order valence-electron chi connectivity index (χ4n) is 0.748. The second kappa shape index (κ2) is 3.43. The van der Waals surface area contributed by atoms with Crippen LogP contribution < -0.4 is 0 Å². The van der Waals surface area contributed by atoms with Crippen LogP contribution >= 0.6 is 15.9 Å². The van der Waals surface area contributed by atoms with Crippen LogP contribution in [0.2, 0.25) is 0 Å². The standard InChI is InChI=1S/C5H10BrNO/c6-1-2-7-3-4-8-5-7/h1-5H2. The Balaban J connectivity index is 2.06. The predicted octanol–water partition coefficient (Wildman–Crippen LogP) is 0.671. The first-order valence-corrected chi connectivity index (χ1v) is 3.91. The van der Waals surface area contributed by atoms with Gasteiger partial charge in [-0.2, -0.15) is 0 Å². The second-order valence-electron chi connectivity index (χ2n) is 1.84. The average Bonchev–Trinajstić information content (AvgIpc) is 2.19. The molecule has 1 aliphatic rings. The molecule has 0 spiro atoms. The maximum Gasteiger partial charge on any atom is 0.0991 e. The molecule has 3 heteroatoms. The number of hydrogen-bond acceptors (Lipinski definition) is 2. The van der Waals surface area contributed by atoms with Crippen molar-refractivity contribution in [3.05, 3.63) is 0 Å². The van der Waals surface area contributed by atoms with Gasteiger partial charge in [-0.3, -0.25) is 4.90 Å². The molecule has 0 radical (unpaired) electrons. The summed E-state index contributed by atoms with van der Waals surface area (Å²) in [5.41, 5.74) is 0. The minimum atomic E-state index is 0.825. The van der Waals surface area contributed by atoms with Gasteiger partial charge in [0.25, 0.3) is 0 Å². The molecular formula is C5H10BrNO. The summed E-state index contributed by atoms with van der Waals surface area (Å²) >= 11 is 3.36. The summed E-state index contributed by atoms with van der Waals surface area (Å²) in [6.45, 7) is 3.95. The van der Waals surface area contributed by atoms with E-state index >= 15 is 0 Å². The van der Waals surface area contributed by atoms with Crippen molar-refractivity contribution in [1.82, 2.24) is 4.90 Å². The highest BCUT2D eigenvalue weighted by molar-refractivity contribution is 9.09. The van der Waals surface area contributed by atoms with Crippen LogP contribution in [0, 0.1) is 0 Å². The monoisotopic (exact) mass is 179 g/mol. The van der Waals surface area contributed by atoms with Crippen molar-refractivity contribution in [3.8, 4) is 0 Å². The smallest absolute Gasteiger partial charge is 0.0991 e. The fraction of sp³-hybridized carbons (Fsp3) is 1.00. The Kier molecular flexibility index (Phi) is 2.80. The topological polar surface area (TPSA) is 12.5 Å². The van der Waals surface area contributed by atoms with Crippen molar-refractivity contribution in [1.29, 1.82) is 0 Å². The Morgan fingerprint density at radius 2 is 2.50 bits per heavy atom. The van der Waals surface area contributed by atoms with Crippen molar-refractivity contribution in [2.24, 2.45) is 0 Å². The predicted molar refractivity (Wildman–Crippen MR) is 36.2 cm³/mol. The maximum atomic E-state index is 5.11.